The lowest BCUT2D eigenvalue weighted by Gasteiger charge is -2.17. The van der Waals surface area contributed by atoms with Crippen molar-refractivity contribution in [2.24, 2.45) is 0 Å². The van der Waals surface area contributed by atoms with Gasteiger partial charge in [0.2, 0.25) is 0 Å². The van der Waals surface area contributed by atoms with E-state index in [0.717, 1.165) is 45.7 Å². The van der Waals surface area contributed by atoms with Crippen molar-refractivity contribution in [2.75, 3.05) is 0 Å². The fourth-order valence-electron chi connectivity index (χ4n) is 9.00. The SMILES string of the molecule is CC1CC=Cc2c1c1ccc(-c3ccc4c(c3)c3ccccc3n4-c3ccccc3)cc1n2-c1ccc(-c2cc(-c3ccccc3)nc(-c3ccccc3)c2)cc1. The molecule has 0 spiro atoms. The quantitative estimate of drug-likeness (QED) is 0.167. The Labute approximate surface area is 332 Å². The molecule has 7 aromatic carbocycles. The maximum atomic E-state index is 5.11. The smallest absolute Gasteiger partial charge is 0.0715 e. The molecule has 3 aromatic heterocycles. The molecule has 0 fully saturated rings. The van der Waals surface area contributed by atoms with Crippen LogP contribution in [0, 0.1) is 0 Å². The van der Waals surface area contributed by atoms with Gasteiger partial charge in [0.25, 0.3) is 0 Å². The van der Waals surface area contributed by atoms with Crippen LogP contribution >= 0.6 is 0 Å². The van der Waals surface area contributed by atoms with E-state index < -0.39 is 0 Å². The molecule has 11 rings (SSSR count). The summed E-state index contributed by atoms with van der Waals surface area (Å²) < 4.78 is 4.85. The number of hydrogen-bond acceptors (Lipinski definition) is 1. The van der Waals surface area contributed by atoms with Gasteiger partial charge in [-0.3, -0.25) is 0 Å². The second kappa shape index (κ2) is 13.5. The van der Waals surface area contributed by atoms with Crippen LogP contribution in [0.25, 0.3) is 94.9 Å². The van der Waals surface area contributed by atoms with E-state index >= 15 is 0 Å². The van der Waals surface area contributed by atoms with Gasteiger partial charge in [-0.1, -0.05) is 140 Å². The molecule has 3 heterocycles. The van der Waals surface area contributed by atoms with Gasteiger partial charge < -0.3 is 9.13 Å². The van der Waals surface area contributed by atoms with E-state index in [0.29, 0.717) is 5.92 Å². The zero-order valence-corrected chi connectivity index (χ0v) is 31.7. The lowest BCUT2D eigenvalue weighted by molar-refractivity contribution is 0.773. The number of benzene rings is 7. The molecule has 1 aliphatic rings. The summed E-state index contributed by atoms with van der Waals surface area (Å²) in [5.74, 6) is 0.434. The normalized spacial score (nSPS) is 13.7. The van der Waals surface area contributed by atoms with Crippen LogP contribution in [0.3, 0.4) is 0 Å². The van der Waals surface area contributed by atoms with Gasteiger partial charge in [0.1, 0.15) is 0 Å². The number of nitrogens with zero attached hydrogens (tertiary/aromatic N) is 3. The summed E-state index contributed by atoms with van der Waals surface area (Å²) in [5, 5.41) is 3.85. The Morgan fingerprint density at radius 3 is 1.72 bits per heavy atom. The zero-order chi connectivity index (χ0) is 37.9. The molecule has 270 valence electrons. The lowest BCUT2D eigenvalue weighted by atomic mass is 9.90. The summed E-state index contributed by atoms with van der Waals surface area (Å²) in [4.78, 5) is 5.11. The summed E-state index contributed by atoms with van der Waals surface area (Å²) in [6.45, 7) is 2.36. The van der Waals surface area contributed by atoms with Gasteiger partial charge in [-0.2, -0.15) is 0 Å². The Kier molecular flexibility index (Phi) is 7.85. The summed E-state index contributed by atoms with van der Waals surface area (Å²) in [7, 11) is 0. The van der Waals surface area contributed by atoms with Crippen LogP contribution in [-0.2, 0) is 0 Å². The molecule has 0 radical (unpaired) electrons. The van der Waals surface area contributed by atoms with Crippen LogP contribution in [0.15, 0.2) is 194 Å². The highest BCUT2D eigenvalue weighted by molar-refractivity contribution is 6.10. The van der Waals surface area contributed by atoms with Crippen molar-refractivity contribution in [1.82, 2.24) is 14.1 Å². The van der Waals surface area contributed by atoms with E-state index in [1.165, 1.54) is 60.8 Å². The molecule has 0 saturated heterocycles. The number of fused-ring (bicyclic) bond motifs is 6. The first-order valence-corrected chi connectivity index (χ1v) is 19.9. The number of rotatable bonds is 6. The minimum absolute atomic E-state index is 0.434. The summed E-state index contributed by atoms with van der Waals surface area (Å²) in [6.07, 6.45) is 5.71. The van der Waals surface area contributed by atoms with E-state index in [1.807, 2.05) is 0 Å². The van der Waals surface area contributed by atoms with E-state index in [9.17, 15) is 0 Å². The van der Waals surface area contributed by atoms with Crippen LogP contribution in [0.5, 0.6) is 0 Å². The number of pyridine rings is 1. The van der Waals surface area contributed by atoms with Crippen molar-refractivity contribution in [2.45, 2.75) is 19.3 Å². The number of allylic oxidation sites excluding steroid dienone is 1. The highest BCUT2D eigenvalue weighted by Crippen LogP contribution is 2.42. The van der Waals surface area contributed by atoms with Crippen molar-refractivity contribution >= 4 is 38.8 Å². The molecule has 0 bridgehead atoms. The molecule has 57 heavy (non-hydrogen) atoms. The van der Waals surface area contributed by atoms with Crippen LogP contribution in [0.4, 0.5) is 0 Å². The fourth-order valence-corrected chi connectivity index (χ4v) is 9.00. The molecule has 0 saturated carbocycles. The van der Waals surface area contributed by atoms with Crippen molar-refractivity contribution in [1.29, 1.82) is 0 Å². The Morgan fingerprint density at radius 2 is 1.00 bits per heavy atom. The standard InChI is InChI=1S/C54H39N3/c1-36-14-13-23-52-54(36)46-30-26-41(40-27-31-51-47(32-40)45-21-11-12-22-50(45)56(51)43-19-9-4-10-20-43)35-53(46)57(52)44-28-24-37(25-29-44)42-33-48(38-15-5-2-6-16-38)55-49(34-42)39-17-7-3-8-18-39/h2-13,15-36H,14H2,1H3. The number of hydrogen-bond donors (Lipinski definition) is 0. The summed E-state index contributed by atoms with van der Waals surface area (Å²) in [5.41, 5.74) is 17.6. The van der Waals surface area contributed by atoms with Crippen LogP contribution in [0.2, 0.25) is 0 Å². The summed E-state index contributed by atoms with van der Waals surface area (Å²) >= 11 is 0. The van der Waals surface area contributed by atoms with Crippen molar-refractivity contribution in [3.8, 4) is 56.1 Å². The molecule has 3 nitrogen and oxygen atoms in total. The van der Waals surface area contributed by atoms with Gasteiger partial charge in [-0.15, -0.1) is 0 Å². The maximum Gasteiger partial charge on any atom is 0.0715 e. The third-order valence-electron chi connectivity index (χ3n) is 11.7. The van der Waals surface area contributed by atoms with Crippen molar-refractivity contribution < 1.29 is 0 Å². The van der Waals surface area contributed by atoms with Gasteiger partial charge in [-0.05, 0) is 107 Å². The molecule has 3 heteroatoms. The highest BCUT2D eigenvalue weighted by Gasteiger charge is 2.24. The molecule has 1 unspecified atom stereocenters. The first-order valence-electron chi connectivity index (χ1n) is 19.9. The Morgan fingerprint density at radius 1 is 0.421 bits per heavy atom. The predicted molar refractivity (Wildman–Crippen MR) is 239 cm³/mol. The minimum atomic E-state index is 0.434. The van der Waals surface area contributed by atoms with Crippen LogP contribution < -0.4 is 0 Å². The van der Waals surface area contributed by atoms with Gasteiger partial charge >= 0.3 is 0 Å². The second-order valence-electron chi connectivity index (χ2n) is 15.2. The molecule has 0 aliphatic heterocycles. The number of para-hydroxylation sites is 2. The van der Waals surface area contributed by atoms with Crippen LogP contribution in [-0.4, -0.2) is 14.1 Å². The van der Waals surface area contributed by atoms with Crippen molar-refractivity contribution in [3.63, 3.8) is 0 Å². The third kappa shape index (κ3) is 5.62. The minimum Gasteiger partial charge on any atom is -0.310 e. The van der Waals surface area contributed by atoms with E-state index in [2.05, 4.69) is 216 Å². The zero-order valence-electron chi connectivity index (χ0n) is 31.7. The van der Waals surface area contributed by atoms with Crippen molar-refractivity contribution in [3.05, 3.63) is 205 Å². The lowest BCUT2D eigenvalue weighted by Crippen LogP contribution is -2.03. The first-order chi connectivity index (χ1) is 28.2. The second-order valence-corrected chi connectivity index (χ2v) is 15.2. The average molecular weight is 730 g/mol. The van der Waals surface area contributed by atoms with Gasteiger partial charge in [0.15, 0.2) is 0 Å². The summed E-state index contributed by atoms with van der Waals surface area (Å²) in [6, 6.07) is 67.9. The topological polar surface area (TPSA) is 22.8 Å². The molecule has 1 aliphatic carbocycles. The van der Waals surface area contributed by atoms with Crippen LogP contribution in [0.1, 0.15) is 30.5 Å². The maximum absolute atomic E-state index is 5.11. The molecule has 1 atom stereocenters. The van der Waals surface area contributed by atoms with E-state index in [4.69, 9.17) is 4.98 Å². The predicted octanol–water partition coefficient (Wildman–Crippen LogP) is 14.3. The average Bonchev–Trinajstić information content (AvgIpc) is 3.80. The number of aromatic nitrogens is 3. The Balaban J connectivity index is 1.04. The van der Waals surface area contributed by atoms with Gasteiger partial charge in [0.05, 0.1) is 27.9 Å². The molecular formula is C54H39N3. The molecule has 10 aromatic rings. The fraction of sp³-hybridized carbons (Fsp3) is 0.0556. The Bertz CT molecular complexity index is 3070. The van der Waals surface area contributed by atoms with Gasteiger partial charge in [-0.25, -0.2) is 4.98 Å². The van der Waals surface area contributed by atoms with E-state index in [1.54, 1.807) is 0 Å². The highest BCUT2D eigenvalue weighted by atomic mass is 15.0. The molecule has 0 amide bonds. The largest absolute Gasteiger partial charge is 0.310 e. The molecule has 0 N–H and O–H groups in total. The Hall–Kier alpha value is -7.23. The van der Waals surface area contributed by atoms with E-state index in [-0.39, 0.29) is 0 Å². The monoisotopic (exact) mass is 729 g/mol. The first kappa shape index (κ1) is 33.1. The third-order valence-corrected chi connectivity index (χ3v) is 11.7. The van der Waals surface area contributed by atoms with Gasteiger partial charge in [0, 0.05) is 44.4 Å². The molecular weight excluding hydrogens is 691 g/mol.